The first-order valence-electron chi connectivity index (χ1n) is 38.8. The predicted molar refractivity (Wildman–Crippen MR) is 421 cm³/mol. The second-order valence-electron chi connectivity index (χ2n) is 35.6. The molecule has 7 aliphatic rings. The van der Waals surface area contributed by atoms with Gasteiger partial charge in [-0.1, -0.05) is 242 Å². The molecule has 6 heteroatoms. The van der Waals surface area contributed by atoms with Crippen LogP contribution in [0.2, 0.25) is 0 Å². The van der Waals surface area contributed by atoms with Gasteiger partial charge in [0.2, 0.25) is 5.91 Å². The molecule has 6 aromatic carbocycles. The lowest BCUT2D eigenvalue weighted by Gasteiger charge is -2.62. The zero-order valence-electron chi connectivity index (χ0n) is 65.9. The summed E-state index contributed by atoms with van der Waals surface area (Å²) in [6.45, 7) is 63.4. The summed E-state index contributed by atoms with van der Waals surface area (Å²) in [6, 6.07) is 43.9. The fraction of sp³-hybridized carbons (Fsp3) is 0.593. The standard InChI is InChI=1S/C32H42N2.C31H46N2O.C28H43N/c1-20(2)25-14-12-15-26(21(3)4)31(25)33-24(9)34(30-19-11-10-18-29(30)33)32-27(22(5)6)16-13-17-28(32)23(7)8;1-19(2)24-14-12-15-25(20(3)4)28(24)32-18-31(10,11)30(34)33(23(32)9)29-26(21(5)6)16-13-17-27(29)22(7)8;1-17(2)24-9-8-10-25(18(3)4)26(24)29-19(5)28(16-27(29,6)7)22-12-20-11-21(14-22)15-23(28)13-20/h10-24H,1-9H3;12-17,19-23H,18H2,1-11H3;8-10,17-23H,11-16H2,1-7H3/t;23-;19-,20?,21?,22?,23?,28?/m.11/s1. The largest absolute Gasteiger partial charge is 0.363 e. The number of rotatable bonds is 15. The number of fused-ring (bicyclic) bond motifs is 1. The Morgan fingerprint density at radius 1 is 0.340 bits per heavy atom. The Bertz CT molecular complexity index is 3490. The van der Waals surface area contributed by atoms with E-state index in [1.807, 2.05) is 0 Å². The van der Waals surface area contributed by atoms with Crippen molar-refractivity contribution in [2.45, 2.75) is 309 Å². The van der Waals surface area contributed by atoms with E-state index in [9.17, 15) is 4.79 Å². The van der Waals surface area contributed by atoms with Crippen molar-refractivity contribution < 1.29 is 4.79 Å². The number of nitrogens with zero attached hydrogens (tertiary/aromatic N) is 5. The zero-order valence-corrected chi connectivity index (χ0v) is 65.9. The third-order valence-corrected chi connectivity index (χ3v) is 24.5. The minimum atomic E-state index is -0.497. The maximum Gasteiger partial charge on any atom is 0.236 e. The Morgan fingerprint density at radius 3 is 0.918 bits per heavy atom. The highest BCUT2D eigenvalue weighted by Crippen LogP contribution is 2.70. The second kappa shape index (κ2) is 28.6. The number of anilines is 7. The fourth-order valence-corrected chi connectivity index (χ4v) is 20.1. The minimum absolute atomic E-state index is 0.0738. The van der Waals surface area contributed by atoms with Crippen LogP contribution in [0.25, 0.3) is 0 Å². The van der Waals surface area contributed by atoms with E-state index < -0.39 is 5.41 Å². The fourth-order valence-electron chi connectivity index (χ4n) is 20.1. The van der Waals surface area contributed by atoms with Crippen molar-refractivity contribution in [3.05, 3.63) is 171 Å². The SMILES string of the molecule is CC(C)c1cccc(C(C)C)c1N1CC(C)(C)C(=O)N(c2c(C(C)C)cccc2C(C)C)[C@@H]1C.CC(C)c1cccc(C(C)C)c1N1[C@H](C)C2(CC1(C)C)C1CC3CC(C1)CC2C3.CC(C)c1cccc(C(C)C)c1N1c2ccccc2N(c2c(C(C)C)cccc2C(C)C)C1C. The van der Waals surface area contributed by atoms with E-state index in [-0.39, 0.29) is 23.8 Å². The Hall–Kier alpha value is -6.01. The van der Waals surface area contributed by atoms with Crippen LogP contribution < -0.4 is 24.5 Å². The van der Waals surface area contributed by atoms with E-state index in [0.29, 0.717) is 77.2 Å². The highest BCUT2D eigenvalue weighted by molar-refractivity contribution is 6.01. The topological polar surface area (TPSA) is 33.3 Å². The van der Waals surface area contributed by atoms with Crippen LogP contribution in [0.4, 0.5) is 39.8 Å². The van der Waals surface area contributed by atoms with Crippen molar-refractivity contribution >= 4 is 45.7 Å². The molecule has 526 valence electrons. The van der Waals surface area contributed by atoms with Crippen LogP contribution in [0, 0.1) is 34.5 Å². The molecule has 6 aromatic rings. The summed E-state index contributed by atoms with van der Waals surface area (Å²) in [4.78, 5) is 26.9. The average Bonchev–Trinajstić information content (AvgIpc) is 1.57. The first kappa shape index (κ1) is 73.7. The van der Waals surface area contributed by atoms with E-state index in [1.165, 1.54) is 105 Å². The molecule has 4 aliphatic carbocycles. The zero-order chi connectivity index (χ0) is 71.0. The second-order valence-corrected chi connectivity index (χ2v) is 35.6. The number of carbonyl (C=O) groups excluding carboxylic acids is 1. The van der Waals surface area contributed by atoms with Gasteiger partial charge in [0.15, 0.2) is 0 Å². The molecule has 6 nitrogen and oxygen atoms in total. The van der Waals surface area contributed by atoms with Crippen LogP contribution in [0.1, 0.15) is 340 Å². The summed E-state index contributed by atoms with van der Waals surface area (Å²) in [5, 5.41) is 0. The molecular weight excluding hydrogens is 1180 g/mol. The van der Waals surface area contributed by atoms with E-state index >= 15 is 0 Å². The van der Waals surface area contributed by atoms with Crippen molar-refractivity contribution in [3.8, 4) is 0 Å². The quantitative estimate of drug-likeness (QED) is 0.102. The van der Waals surface area contributed by atoms with Crippen molar-refractivity contribution in [1.29, 1.82) is 0 Å². The Morgan fingerprint density at radius 2 is 0.619 bits per heavy atom. The predicted octanol–water partition coefficient (Wildman–Crippen LogP) is 26.0. The molecule has 3 heterocycles. The van der Waals surface area contributed by atoms with Gasteiger partial charge in [-0.25, -0.2) is 0 Å². The van der Waals surface area contributed by atoms with Crippen molar-refractivity contribution in [2.24, 2.45) is 34.5 Å². The average molecular weight is 1310 g/mol. The van der Waals surface area contributed by atoms with Gasteiger partial charge in [0.05, 0.1) is 33.9 Å². The van der Waals surface area contributed by atoms with Gasteiger partial charge in [0.1, 0.15) is 12.3 Å². The first-order valence-corrected chi connectivity index (χ1v) is 38.8. The lowest BCUT2D eigenvalue weighted by molar-refractivity contribution is -0.128. The summed E-state index contributed by atoms with van der Waals surface area (Å²) < 4.78 is 0. The van der Waals surface area contributed by atoms with Crippen molar-refractivity contribution in [3.63, 3.8) is 0 Å². The Labute approximate surface area is 592 Å². The van der Waals surface area contributed by atoms with Crippen LogP contribution in [0.15, 0.2) is 115 Å². The number of benzene rings is 6. The first-order chi connectivity index (χ1) is 45.6. The highest BCUT2D eigenvalue weighted by Gasteiger charge is 2.66. The molecule has 0 radical (unpaired) electrons. The number of amides is 1. The number of carbonyl (C=O) groups is 1. The van der Waals surface area contributed by atoms with Gasteiger partial charge >= 0.3 is 0 Å². The molecular formula is C91H131N5O. The van der Waals surface area contributed by atoms with Gasteiger partial charge in [-0.05, 0) is 243 Å². The molecule has 1 amide bonds. The van der Waals surface area contributed by atoms with Gasteiger partial charge in [0, 0.05) is 29.5 Å². The van der Waals surface area contributed by atoms with E-state index in [1.54, 1.807) is 23.2 Å². The molecule has 13 rings (SSSR count). The molecule has 0 N–H and O–H groups in total. The van der Waals surface area contributed by atoms with Crippen LogP contribution in [-0.2, 0) is 4.79 Å². The molecule has 4 saturated carbocycles. The Kier molecular flexibility index (Phi) is 21.7. The highest BCUT2D eigenvalue weighted by atomic mass is 16.2. The molecule has 2 atom stereocenters. The summed E-state index contributed by atoms with van der Waals surface area (Å²) in [6.07, 6.45) is 9.18. The minimum Gasteiger partial charge on any atom is -0.363 e. The molecule has 2 saturated heterocycles. The normalized spacial score (nSPS) is 23.5. The molecule has 0 aromatic heterocycles. The molecule has 97 heavy (non-hydrogen) atoms. The molecule has 6 fully saturated rings. The van der Waals surface area contributed by atoms with Crippen molar-refractivity contribution in [2.75, 3.05) is 31.0 Å². The van der Waals surface area contributed by atoms with Crippen LogP contribution in [-0.4, -0.2) is 36.4 Å². The molecule has 3 aliphatic heterocycles. The van der Waals surface area contributed by atoms with Gasteiger partial charge in [-0.15, -0.1) is 0 Å². The third kappa shape index (κ3) is 13.4. The Balaban J connectivity index is 0.000000158. The number of hydrogen-bond acceptors (Lipinski definition) is 5. The monoisotopic (exact) mass is 1310 g/mol. The lowest BCUT2D eigenvalue weighted by atomic mass is 9.43. The smallest absolute Gasteiger partial charge is 0.236 e. The lowest BCUT2D eigenvalue weighted by Crippen LogP contribution is -2.63. The van der Waals surface area contributed by atoms with E-state index in [2.05, 4.69) is 327 Å². The summed E-state index contributed by atoms with van der Waals surface area (Å²) in [5.41, 5.74) is 23.8. The van der Waals surface area contributed by atoms with Crippen LogP contribution >= 0.6 is 0 Å². The van der Waals surface area contributed by atoms with E-state index in [0.717, 1.165) is 29.4 Å². The van der Waals surface area contributed by atoms with Crippen molar-refractivity contribution in [1.82, 2.24) is 0 Å². The maximum atomic E-state index is 14.1. The summed E-state index contributed by atoms with van der Waals surface area (Å²) in [5.74, 6) is 8.74. The van der Waals surface area contributed by atoms with Gasteiger partial charge < -0.3 is 19.6 Å². The molecule has 1 spiro atoms. The summed E-state index contributed by atoms with van der Waals surface area (Å²) in [7, 11) is 0. The van der Waals surface area contributed by atoms with Gasteiger partial charge in [0.25, 0.3) is 0 Å². The number of hydrogen-bond donors (Lipinski definition) is 0. The van der Waals surface area contributed by atoms with Crippen LogP contribution in [0.3, 0.4) is 0 Å². The molecule has 0 unspecified atom stereocenters. The molecule has 4 bridgehead atoms. The van der Waals surface area contributed by atoms with Gasteiger partial charge in [-0.3, -0.25) is 9.69 Å². The summed E-state index contributed by atoms with van der Waals surface area (Å²) >= 11 is 0. The van der Waals surface area contributed by atoms with Crippen LogP contribution in [0.5, 0.6) is 0 Å². The third-order valence-electron chi connectivity index (χ3n) is 24.5. The number of para-hydroxylation sites is 7. The van der Waals surface area contributed by atoms with Gasteiger partial charge in [-0.2, -0.15) is 0 Å². The van der Waals surface area contributed by atoms with E-state index in [4.69, 9.17) is 0 Å². The maximum absolute atomic E-state index is 14.1.